The first-order chi connectivity index (χ1) is 10.0. The molecule has 2 rings (SSSR count). The lowest BCUT2D eigenvalue weighted by atomic mass is 9.90. The van der Waals surface area contributed by atoms with Crippen LogP contribution >= 0.6 is 11.6 Å². The number of aryl methyl sites for hydroxylation is 1. The summed E-state index contributed by atoms with van der Waals surface area (Å²) in [5.41, 5.74) is 7.66. The summed E-state index contributed by atoms with van der Waals surface area (Å²) in [6.07, 6.45) is 4.95. The number of benzene rings is 1. The lowest BCUT2D eigenvalue weighted by Crippen LogP contribution is -2.44. The van der Waals surface area contributed by atoms with Crippen molar-refractivity contribution in [3.63, 3.8) is 0 Å². The van der Waals surface area contributed by atoms with Gasteiger partial charge in [0.1, 0.15) is 0 Å². The molecule has 1 amide bonds. The van der Waals surface area contributed by atoms with Gasteiger partial charge in [0.25, 0.3) is 5.91 Å². The summed E-state index contributed by atoms with van der Waals surface area (Å²) < 4.78 is 0. The molecule has 0 aromatic heterocycles. The van der Waals surface area contributed by atoms with E-state index in [1.54, 1.807) is 0 Å². The Balaban J connectivity index is 2.18. The van der Waals surface area contributed by atoms with E-state index in [4.69, 9.17) is 17.3 Å². The van der Waals surface area contributed by atoms with Crippen LogP contribution in [0.2, 0.25) is 5.02 Å². The molecule has 0 heterocycles. The molecule has 0 atom stereocenters. The fraction of sp³-hybridized carbons (Fsp3) is 0.588. The molecule has 0 spiro atoms. The van der Waals surface area contributed by atoms with Crippen LogP contribution in [0, 0.1) is 6.92 Å². The molecule has 1 aromatic carbocycles. The zero-order chi connectivity index (χ0) is 15.4. The molecule has 1 aliphatic rings. The highest BCUT2D eigenvalue weighted by Gasteiger charge is 2.28. The molecule has 1 aromatic rings. The summed E-state index contributed by atoms with van der Waals surface area (Å²) in [6, 6.07) is 6.24. The van der Waals surface area contributed by atoms with Crippen LogP contribution in [0.25, 0.3) is 0 Å². The third-order valence-corrected chi connectivity index (χ3v) is 4.58. The second-order valence-corrected chi connectivity index (χ2v) is 6.46. The van der Waals surface area contributed by atoms with Gasteiger partial charge in [-0.15, -0.1) is 0 Å². The van der Waals surface area contributed by atoms with Crippen molar-refractivity contribution in [1.82, 2.24) is 4.90 Å². The Morgan fingerprint density at radius 2 is 2.00 bits per heavy atom. The number of nitrogens with two attached hydrogens (primary N) is 1. The third-order valence-electron chi connectivity index (χ3n) is 4.26. The van der Waals surface area contributed by atoms with Gasteiger partial charge in [-0.3, -0.25) is 4.79 Å². The lowest BCUT2D eigenvalue weighted by Gasteiger charge is -2.36. The number of carbonyl (C=O) groups excluding carboxylic acids is 1. The predicted octanol–water partition coefficient (Wildman–Crippen LogP) is 3.77. The van der Waals surface area contributed by atoms with Crippen molar-refractivity contribution in [1.29, 1.82) is 0 Å². The lowest BCUT2D eigenvalue weighted by molar-refractivity contribution is 0.0627. The van der Waals surface area contributed by atoms with Gasteiger partial charge in [-0.05, 0) is 56.7 Å². The Labute approximate surface area is 132 Å². The summed E-state index contributed by atoms with van der Waals surface area (Å²) in [5, 5.41) is 0.550. The molecule has 0 unspecified atom stereocenters. The maximum absolute atomic E-state index is 12.9. The number of hydrogen-bond donors (Lipinski definition) is 1. The van der Waals surface area contributed by atoms with Crippen LogP contribution in [0.15, 0.2) is 18.2 Å². The zero-order valence-electron chi connectivity index (χ0n) is 12.9. The van der Waals surface area contributed by atoms with Gasteiger partial charge in [0.15, 0.2) is 0 Å². The average molecular weight is 309 g/mol. The van der Waals surface area contributed by atoms with Gasteiger partial charge in [0, 0.05) is 18.6 Å². The van der Waals surface area contributed by atoms with E-state index >= 15 is 0 Å². The van der Waals surface area contributed by atoms with Crippen molar-refractivity contribution >= 4 is 17.5 Å². The van der Waals surface area contributed by atoms with E-state index < -0.39 is 0 Å². The first kappa shape index (κ1) is 16.3. The third kappa shape index (κ3) is 3.98. The minimum absolute atomic E-state index is 0.0577. The van der Waals surface area contributed by atoms with Gasteiger partial charge < -0.3 is 10.6 Å². The van der Waals surface area contributed by atoms with Crippen LogP contribution in [0.1, 0.15) is 54.9 Å². The van der Waals surface area contributed by atoms with E-state index in [1.807, 2.05) is 30.0 Å². The average Bonchev–Trinajstić information content (AvgIpc) is 2.45. The van der Waals surface area contributed by atoms with Crippen LogP contribution in [-0.4, -0.2) is 29.4 Å². The summed E-state index contributed by atoms with van der Waals surface area (Å²) in [6.45, 7) is 4.86. The molecule has 116 valence electrons. The SMILES string of the molecule is CCCN(C(=O)c1ccc(C)cc1Cl)C1CCC(N)CC1. The molecule has 0 saturated heterocycles. The Hall–Kier alpha value is -1.06. The highest BCUT2D eigenvalue weighted by atomic mass is 35.5. The first-order valence-corrected chi connectivity index (χ1v) is 8.23. The second-order valence-electron chi connectivity index (χ2n) is 6.05. The Kier molecular flexibility index (Phi) is 5.65. The van der Waals surface area contributed by atoms with E-state index in [0.29, 0.717) is 22.7 Å². The van der Waals surface area contributed by atoms with Crippen LogP contribution < -0.4 is 5.73 Å². The van der Waals surface area contributed by atoms with Gasteiger partial charge in [-0.1, -0.05) is 24.6 Å². The molecule has 0 aliphatic heterocycles. The Morgan fingerprint density at radius 1 is 1.33 bits per heavy atom. The number of nitrogens with zero attached hydrogens (tertiary/aromatic N) is 1. The summed E-state index contributed by atoms with van der Waals surface area (Å²) >= 11 is 6.26. The fourth-order valence-corrected chi connectivity index (χ4v) is 3.37. The topological polar surface area (TPSA) is 46.3 Å². The highest BCUT2D eigenvalue weighted by Crippen LogP contribution is 2.26. The quantitative estimate of drug-likeness (QED) is 0.920. The smallest absolute Gasteiger partial charge is 0.255 e. The minimum atomic E-state index is 0.0577. The molecule has 1 fully saturated rings. The number of amides is 1. The number of rotatable bonds is 4. The molecule has 3 nitrogen and oxygen atoms in total. The highest BCUT2D eigenvalue weighted by molar-refractivity contribution is 6.33. The minimum Gasteiger partial charge on any atom is -0.336 e. The molecular formula is C17H25ClN2O. The molecule has 21 heavy (non-hydrogen) atoms. The van der Waals surface area contributed by atoms with Crippen LogP contribution in [0.3, 0.4) is 0 Å². The number of hydrogen-bond acceptors (Lipinski definition) is 2. The van der Waals surface area contributed by atoms with Crippen molar-refractivity contribution in [2.24, 2.45) is 5.73 Å². The molecule has 1 aliphatic carbocycles. The Bertz CT molecular complexity index is 496. The van der Waals surface area contributed by atoms with Crippen LogP contribution in [-0.2, 0) is 0 Å². The van der Waals surface area contributed by atoms with Gasteiger partial charge >= 0.3 is 0 Å². The van der Waals surface area contributed by atoms with Gasteiger partial charge in [0.05, 0.1) is 10.6 Å². The summed E-state index contributed by atoms with van der Waals surface area (Å²) in [7, 11) is 0. The van der Waals surface area contributed by atoms with E-state index in [-0.39, 0.29) is 5.91 Å². The second kappa shape index (κ2) is 7.28. The molecule has 2 N–H and O–H groups in total. The monoisotopic (exact) mass is 308 g/mol. The standard InChI is InChI=1S/C17H25ClN2O/c1-3-10-20(14-7-5-13(19)6-8-14)17(21)15-9-4-12(2)11-16(15)18/h4,9,11,13-14H,3,5-8,10,19H2,1-2H3. The zero-order valence-corrected chi connectivity index (χ0v) is 13.7. The van der Waals surface area contributed by atoms with Gasteiger partial charge in [-0.2, -0.15) is 0 Å². The normalized spacial score (nSPS) is 22.1. The van der Waals surface area contributed by atoms with Gasteiger partial charge in [-0.25, -0.2) is 0 Å². The molecular weight excluding hydrogens is 284 g/mol. The van der Waals surface area contributed by atoms with Crippen molar-refractivity contribution in [2.75, 3.05) is 6.54 Å². The fourth-order valence-electron chi connectivity index (χ4n) is 3.05. The molecule has 1 saturated carbocycles. The Morgan fingerprint density at radius 3 is 2.57 bits per heavy atom. The van der Waals surface area contributed by atoms with E-state index in [1.165, 1.54) is 0 Å². The van der Waals surface area contributed by atoms with Crippen LogP contribution in [0.5, 0.6) is 0 Å². The number of halogens is 1. The predicted molar refractivity (Wildman–Crippen MR) is 87.7 cm³/mol. The van der Waals surface area contributed by atoms with Gasteiger partial charge in [0.2, 0.25) is 0 Å². The largest absolute Gasteiger partial charge is 0.336 e. The van der Waals surface area contributed by atoms with E-state index in [0.717, 1.165) is 44.2 Å². The maximum atomic E-state index is 12.9. The van der Waals surface area contributed by atoms with Crippen molar-refractivity contribution in [2.45, 2.75) is 58.0 Å². The maximum Gasteiger partial charge on any atom is 0.255 e. The molecule has 4 heteroatoms. The first-order valence-electron chi connectivity index (χ1n) is 7.85. The molecule has 0 bridgehead atoms. The van der Waals surface area contributed by atoms with Crippen LogP contribution in [0.4, 0.5) is 0 Å². The van der Waals surface area contributed by atoms with Crippen molar-refractivity contribution in [3.8, 4) is 0 Å². The van der Waals surface area contributed by atoms with E-state index in [9.17, 15) is 4.79 Å². The number of carbonyl (C=O) groups is 1. The van der Waals surface area contributed by atoms with E-state index in [2.05, 4.69) is 6.92 Å². The van der Waals surface area contributed by atoms with Crippen molar-refractivity contribution < 1.29 is 4.79 Å². The summed E-state index contributed by atoms with van der Waals surface area (Å²) in [4.78, 5) is 14.9. The van der Waals surface area contributed by atoms with Crippen molar-refractivity contribution in [3.05, 3.63) is 34.3 Å². The molecule has 0 radical (unpaired) electrons. The summed E-state index contributed by atoms with van der Waals surface area (Å²) in [5.74, 6) is 0.0577.